The molecule has 3 heteroatoms. The minimum absolute atomic E-state index is 0. The molecule has 0 fully saturated rings. The minimum atomic E-state index is -0.0147. The second-order valence-electron chi connectivity index (χ2n) is 13.7. The van der Waals surface area contributed by atoms with E-state index < -0.39 is 0 Å². The van der Waals surface area contributed by atoms with Crippen LogP contribution in [-0.4, -0.2) is 19.1 Å². The van der Waals surface area contributed by atoms with Crippen molar-refractivity contribution in [1.82, 2.24) is 0 Å². The average Bonchev–Trinajstić information content (AvgIpc) is 3.67. The summed E-state index contributed by atoms with van der Waals surface area (Å²) < 4.78 is 5.82. The maximum atomic E-state index is 5.82. The van der Waals surface area contributed by atoms with Gasteiger partial charge in [-0.1, -0.05) is 130 Å². The fourth-order valence-electron chi connectivity index (χ4n) is 6.32. The Kier molecular flexibility index (Phi) is 17.9. The summed E-state index contributed by atoms with van der Waals surface area (Å²) in [5.74, 6) is 0.584. The number of rotatable bonds is 10. The molecule has 6 rings (SSSR count). The molecule has 0 aliphatic rings. The zero-order chi connectivity index (χ0) is 33.8. The summed E-state index contributed by atoms with van der Waals surface area (Å²) in [5.41, 5.74) is 9.69. The number of ether oxygens (including phenoxy) is 1. The summed E-state index contributed by atoms with van der Waals surface area (Å²) >= 11 is 1.36. The standard InChI is InChI=1S/C26H33O.C18H17.2CH3.Si.Zr/c1-20-19-22-15-12-17-24(21-13-8-7-9-14-21)25(22)23(20)16-10-5-6-11-18-27-26(2,3)4;1-13(2)16-11-15-9-6-10-17(18(15)12-16)14-7-4-3-5-8-14;;;;/h7-9,12-15,17,19H,5-6,10-11,16,18H2,1-4H3;3-13H,1-2H3;2*1H3;;/q4*-1;;. The molecule has 0 atom stereocenters. The van der Waals surface area contributed by atoms with Crippen LogP contribution in [0.4, 0.5) is 0 Å². The molecule has 2 radical (unpaired) electrons. The molecule has 6 aromatic carbocycles. The maximum absolute atomic E-state index is 5.82. The third-order valence-electron chi connectivity index (χ3n) is 8.71. The zero-order valence-electron chi connectivity index (χ0n) is 31.2. The molecular formula is C46H56OSiZr-4. The van der Waals surface area contributed by atoms with Gasteiger partial charge in [0.1, 0.15) is 0 Å². The summed E-state index contributed by atoms with van der Waals surface area (Å²) in [5, 5.41) is 5.55. The van der Waals surface area contributed by atoms with E-state index in [9.17, 15) is 0 Å². The van der Waals surface area contributed by atoms with Gasteiger partial charge in [-0.2, -0.15) is 6.07 Å². The van der Waals surface area contributed by atoms with Gasteiger partial charge in [-0.05, 0) is 44.2 Å². The van der Waals surface area contributed by atoms with Gasteiger partial charge in [0.15, 0.2) is 0 Å². The first-order chi connectivity index (χ1) is 22.7. The van der Waals surface area contributed by atoms with E-state index in [1.54, 1.807) is 0 Å². The Bertz CT molecular complexity index is 1800. The van der Waals surface area contributed by atoms with E-state index in [2.05, 4.69) is 164 Å². The quantitative estimate of drug-likeness (QED) is 0.0771. The molecule has 1 nitrogen and oxygen atoms in total. The van der Waals surface area contributed by atoms with Crippen LogP contribution in [0.3, 0.4) is 0 Å². The number of hydrogen-bond acceptors (Lipinski definition) is 1. The first-order valence-corrected chi connectivity index (χ1v) is 21.3. The van der Waals surface area contributed by atoms with Crippen LogP contribution in [0.1, 0.15) is 82.9 Å². The van der Waals surface area contributed by atoms with Crippen LogP contribution in [0.5, 0.6) is 0 Å². The predicted molar refractivity (Wildman–Crippen MR) is 215 cm³/mol. The van der Waals surface area contributed by atoms with Gasteiger partial charge in [0.05, 0.1) is 5.60 Å². The van der Waals surface area contributed by atoms with E-state index in [1.165, 1.54) is 110 Å². The molecule has 0 N–H and O–H groups in total. The third-order valence-corrected chi connectivity index (χ3v) is 8.71. The fourth-order valence-corrected chi connectivity index (χ4v) is 6.32. The topological polar surface area (TPSA) is 9.23 Å². The SMILES string of the molecule is CC(C)c1cc2c(-c3ccccc3)cccc2[cH-]1.Cc1[cH-]c2cccc(-c3ccccc3)c2c1CCCCCCOC(C)(C)C.[CH3-].[CH3-].[Si]=[Zr]. The fraction of sp³-hybridized carbons (Fsp3) is 0.304. The molecule has 49 heavy (non-hydrogen) atoms. The van der Waals surface area contributed by atoms with Crippen molar-refractivity contribution in [3.8, 4) is 22.3 Å². The molecule has 258 valence electrons. The molecule has 0 unspecified atom stereocenters. The first kappa shape index (κ1) is 42.3. The van der Waals surface area contributed by atoms with Crippen LogP contribution in [0.2, 0.25) is 0 Å². The molecule has 0 aliphatic carbocycles. The second-order valence-corrected chi connectivity index (χ2v) is 13.7. The van der Waals surface area contributed by atoms with Crippen molar-refractivity contribution in [3.63, 3.8) is 0 Å². The summed E-state index contributed by atoms with van der Waals surface area (Å²) in [6.07, 6.45) is 6.09. The van der Waals surface area contributed by atoms with Gasteiger partial charge in [-0.15, -0.1) is 74.6 Å². The average molecular weight is 744 g/mol. The number of fused-ring (bicyclic) bond motifs is 2. The zero-order valence-corrected chi connectivity index (χ0v) is 34.7. The molecule has 0 aliphatic heterocycles. The van der Waals surface area contributed by atoms with E-state index in [1.807, 2.05) is 0 Å². The van der Waals surface area contributed by atoms with Crippen molar-refractivity contribution < 1.29 is 28.1 Å². The number of benzene rings is 4. The molecule has 0 saturated carbocycles. The van der Waals surface area contributed by atoms with Crippen molar-refractivity contribution in [2.45, 2.75) is 85.2 Å². The monoisotopic (exact) mass is 742 g/mol. The number of hydrogen-bond donors (Lipinski definition) is 0. The summed E-state index contributed by atoms with van der Waals surface area (Å²) in [7, 11) is 0. The molecule has 0 heterocycles. The molecule has 0 bridgehead atoms. The molecule has 0 saturated heterocycles. The third kappa shape index (κ3) is 11.9. The predicted octanol–water partition coefficient (Wildman–Crippen LogP) is 13.3. The van der Waals surface area contributed by atoms with Crippen LogP contribution in [0.15, 0.2) is 115 Å². The van der Waals surface area contributed by atoms with Crippen LogP contribution >= 0.6 is 0 Å². The Morgan fingerprint density at radius 3 is 1.82 bits per heavy atom. The molecular weight excluding hydrogens is 688 g/mol. The Morgan fingerprint density at radius 2 is 1.22 bits per heavy atom. The van der Waals surface area contributed by atoms with Crippen LogP contribution in [0.25, 0.3) is 43.8 Å². The van der Waals surface area contributed by atoms with Gasteiger partial charge in [-0.3, -0.25) is 0 Å². The van der Waals surface area contributed by atoms with Crippen LogP contribution in [-0.2, 0) is 34.5 Å². The van der Waals surface area contributed by atoms with Gasteiger partial charge in [0, 0.05) is 6.61 Å². The Hall–Kier alpha value is -2.84. The Balaban J connectivity index is 0.000000331. The summed E-state index contributed by atoms with van der Waals surface area (Å²) in [4.78, 5) is 0. The van der Waals surface area contributed by atoms with Gasteiger partial charge in [0.25, 0.3) is 0 Å². The van der Waals surface area contributed by atoms with Gasteiger partial charge >= 0.3 is 30.2 Å². The second kappa shape index (κ2) is 20.7. The first-order valence-electron chi connectivity index (χ1n) is 17.1. The normalized spacial score (nSPS) is 10.8. The van der Waals surface area contributed by atoms with Gasteiger partial charge in [0.2, 0.25) is 0 Å². The van der Waals surface area contributed by atoms with E-state index in [0.29, 0.717) is 5.92 Å². The van der Waals surface area contributed by atoms with E-state index in [4.69, 9.17) is 4.74 Å². The van der Waals surface area contributed by atoms with Crippen molar-refractivity contribution in [2.75, 3.05) is 6.61 Å². The Morgan fingerprint density at radius 1 is 0.673 bits per heavy atom. The van der Waals surface area contributed by atoms with Crippen LogP contribution < -0.4 is 0 Å². The van der Waals surface area contributed by atoms with Gasteiger partial charge < -0.3 is 19.6 Å². The number of aryl methyl sites for hydroxylation is 2. The van der Waals surface area contributed by atoms with E-state index in [0.717, 1.165) is 13.0 Å². The van der Waals surface area contributed by atoms with E-state index in [-0.39, 0.29) is 20.5 Å². The molecule has 0 aromatic heterocycles. The van der Waals surface area contributed by atoms with Crippen LogP contribution in [0, 0.1) is 21.8 Å². The van der Waals surface area contributed by atoms with Crippen molar-refractivity contribution in [2.24, 2.45) is 0 Å². The summed E-state index contributed by atoms with van der Waals surface area (Å²) in [6, 6.07) is 41.7. The van der Waals surface area contributed by atoms with E-state index >= 15 is 0 Å². The Labute approximate surface area is 315 Å². The van der Waals surface area contributed by atoms with Crippen molar-refractivity contribution in [1.29, 1.82) is 0 Å². The molecule has 6 aromatic rings. The molecule has 0 amide bonds. The summed E-state index contributed by atoms with van der Waals surface area (Å²) in [6.45, 7) is 17.1. The molecule has 0 spiro atoms. The van der Waals surface area contributed by atoms with Gasteiger partial charge in [-0.25, -0.2) is 0 Å². The number of unbranched alkanes of at least 4 members (excludes halogenated alkanes) is 3. The van der Waals surface area contributed by atoms with Crippen molar-refractivity contribution in [3.05, 3.63) is 147 Å². The van der Waals surface area contributed by atoms with Crippen molar-refractivity contribution >= 4 is 28.4 Å².